The van der Waals surface area contributed by atoms with Crippen LogP contribution in [0.2, 0.25) is 0 Å². The van der Waals surface area contributed by atoms with Crippen LogP contribution in [0.3, 0.4) is 0 Å². The van der Waals surface area contributed by atoms with E-state index in [1.807, 2.05) is 0 Å². The lowest BCUT2D eigenvalue weighted by Crippen LogP contribution is -2.02. The van der Waals surface area contributed by atoms with Gasteiger partial charge in [0.25, 0.3) is 0 Å². The number of aliphatic hydroxyl groups excluding tert-OH is 1. The van der Waals surface area contributed by atoms with E-state index in [0.717, 1.165) is 0 Å². The number of methoxy groups -OCH3 is 3. The molecular formula is C11H15BrO4. The molecule has 0 spiro atoms. The van der Waals surface area contributed by atoms with Gasteiger partial charge in [0.1, 0.15) is 0 Å². The minimum Gasteiger partial charge on any atom is -0.493 e. The van der Waals surface area contributed by atoms with Gasteiger partial charge in [0.05, 0.1) is 27.4 Å². The van der Waals surface area contributed by atoms with Crippen molar-refractivity contribution in [3.8, 4) is 17.2 Å². The summed E-state index contributed by atoms with van der Waals surface area (Å²) in [6.45, 7) is 0. The Kier molecular flexibility index (Phi) is 4.89. The van der Waals surface area contributed by atoms with Gasteiger partial charge in [-0.05, 0) is 17.7 Å². The Morgan fingerprint density at radius 1 is 1.12 bits per heavy atom. The molecule has 90 valence electrons. The molecule has 0 amide bonds. The number of aliphatic hydroxyl groups is 1. The number of halogens is 1. The van der Waals surface area contributed by atoms with Crippen LogP contribution in [0.5, 0.6) is 17.2 Å². The highest BCUT2D eigenvalue weighted by molar-refractivity contribution is 9.09. The molecule has 16 heavy (non-hydrogen) atoms. The average molecular weight is 291 g/mol. The SMILES string of the molecule is COc1cc(C(O)CBr)cc(OC)c1OC. The molecule has 5 heteroatoms. The monoisotopic (exact) mass is 290 g/mol. The van der Waals surface area contributed by atoms with E-state index in [2.05, 4.69) is 15.9 Å². The molecule has 0 heterocycles. The predicted molar refractivity (Wildman–Crippen MR) is 64.9 cm³/mol. The van der Waals surface area contributed by atoms with Crippen molar-refractivity contribution < 1.29 is 19.3 Å². The third-order valence-corrected chi connectivity index (χ3v) is 2.83. The first-order chi connectivity index (χ1) is 7.67. The van der Waals surface area contributed by atoms with Crippen molar-refractivity contribution in [3.05, 3.63) is 17.7 Å². The van der Waals surface area contributed by atoms with Crippen LogP contribution in [0.1, 0.15) is 11.7 Å². The molecule has 1 aromatic rings. The van der Waals surface area contributed by atoms with Gasteiger partial charge in [-0.3, -0.25) is 0 Å². The molecule has 1 unspecified atom stereocenters. The van der Waals surface area contributed by atoms with Crippen molar-refractivity contribution in [1.82, 2.24) is 0 Å². The molecule has 1 rings (SSSR count). The number of hydrogen-bond donors (Lipinski definition) is 1. The van der Waals surface area contributed by atoms with Crippen LogP contribution in [0.4, 0.5) is 0 Å². The molecule has 0 saturated heterocycles. The van der Waals surface area contributed by atoms with Crippen LogP contribution in [0, 0.1) is 0 Å². The van der Waals surface area contributed by atoms with Crippen molar-refractivity contribution in [3.63, 3.8) is 0 Å². The normalized spacial score (nSPS) is 12.1. The van der Waals surface area contributed by atoms with E-state index in [-0.39, 0.29) is 0 Å². The fraction of sp³-hybridized carbons (Fsp3) is 0.455. The van der Waals surface area contributed by atoms with Crippen molar-refractivity contribution in [2.24, 2.45) is 0 Å². The Bertz CT molecular complexity index is 329. The topological polar surface area (TPSA) is 47.9 Å². The largest absolute Gasteiger partial charge is 0.493 e. The Morgan fingerprint density at radius 2 is 1.62 bits per heavy atom. The first-order valence-corrected chi connectivity index (χ1v) is 5.84. The summed E-state index contributed by atoms with van der Waals surface area (Å²) >= 11 is 3.22. The minimum absolute atomic E-state index is 0.450. The average Bonchev–Trinajstić information content (AvgIpc) is 2.35. The molecule has 1 N–H and O–H groups in total. The van der Waals surface area contributed by atoms with Crippen molar-refractivity contribution >= 4 is 15.9 Å². The van der Waals surface area contributed by atoms with Gasteiger partial charge < -0.3 is 19.3 Å². The zero-order valence-corrected chi connectivity index (χ0v) is 11.1. The molecule has 0 aromatic heterocycles. The Balaban J connectivity index is 3.25. The molecule has 4 nitrogen and oxygen atoms in total. The van der Waals surface area contributed by atoms with E-state index in [9.17, 15) is 5.11 Å². The zero-order chi connectivity index (χ0) is 12.1. The summed E-state index contributed by atoms with van der Waals surface area (Å²) in [5.74, 6) is 1.60. The zero-order valence-electron chi connectivity index (χ0n) is 9.49. The molecule has 0 aliphatic carbocycles. The number of hydrogen-bond acceptors (Lipinski definition) is 4. The fourth-order valence-corrected chi connectivity index (χ4v) is 1.76. The van der Waals surface area contributed by atoms with E-state index in [1.54, 1.807) is 33.5 Å². The molecule has 0 fully saturated rings. The summed E-state index contributed by atoms with van der Waals surface area (Å²) in [6.07, 6.45) is -0.603. The molecule has 0 radical (unpaired) electrons. The summed E-state index contributed by atoms with van der Waals surface area (Å²) in [4.78, 5) is 0. The highest BCUT2D eigenvalue weighted by Crippen LogP contribution is 2.39. The lowest BCUT2D eigenvalue weighted by Gasteiger charge is -2.15. The van der Waals surface area contributed by atoms with Crippen LogP contribution in [-0.4, -0.2) is 31.8 Å². The van der Waals surface area contributed by atoms with Crippen LogP contribution in [0.25, 0.3) is 0 Å². The van der Waals surface area contributed by atoms with E-state index >= 15 is 0 Å². The maximum atomic E-state index is 9.73. The number of rotatable bonds is 5. The van der Waals surface area contributed by atoms with Gasteiger partial charge in [-0.25, -0.2) is 0 Å². The second-order valence-corrected chi connectivity index (χ2v) is 3.78. The second kappa shape index (κ2) is 5.96. The number of benzene rings is 1. The third-order valence-electron chi connectivity index (χ3n) is 2.22. The summed E-state index contributed by atoms with van der Waals surface area (Å²) in [5.41, 5.74) is 0.714. The lowest BCUT2D eigenvalue weighted by molar-refractivity contribution is 0.204. The van der Waals surface area contributed by atoms with E-state index in [0.29, 0.717) is 28.1 Å². The van der Waals surface area contributed by atoms with Crippen molar-refractivity contribution in [2.45, 2.75) is 6.10 Å². The Hall–Kier alpha value is -0.940. The number of ether oxygens (including phenoxy) is 3. The highest BCUT2D eigenvalue weighted by Gasteiger charge is 2.16. The fourth-order valence-electron chi connectivity index (χ4n) is 1.38. The van der Waals surface area contributed by atoms with Crippen LogP contribution < -0.4 is 14.2 Å². The summed E-state index contributed by atoms with van der Waals surface area (Å²) in [7, 11) is 4.63. The van der Waals surface area contributed by atoms with E-state index < -0.39 is 6.10 Å². The highest BCUT2D eigenvalue weighted by atomic mass is 79.9. The summed E-state index contributed by atoms with van der Waals surface area (Å²) in [5, 5.41) is 10.2. The van der Waals surface area contributed by atoms with Crippen molar-refractivity contribution in [1.29, 1.82) is 0 Å². The van der Waals surface area contributed by atoms with E-state index in [4.69, 9.17) is 14.2 Å². The second-order valence-electron chi connectivity index (χ2n) is 3.13. The van der Waals surface area contributed by atoms with Crippen molar-refractivity contribution in [2.75, 3.05) is 26.7 Å². The van der Waals surface area contributed by atoms with Gasteiger partial charge in [-0.15, -0.1) is 0 Å². The summed E-state index contributed by atoms with van der Waals surface area (Å²) in [6, 6.07) is 3.46. The predicted octanol–water partition coefficient (Wildman–Crippen LogP) is 2.14. The van der Waals surface area contributed by atoms with Gasteiger partial charge in [-0.2, -0.15) is 0 Å². The first kappa shape index (κ1) is 13.1. The van der Waals surface area contributed by atoms with Gasteiger partial charge in [0, 0.05) is 5.33 Å². The first-order valence-electron chi connectivity index (χ1n) is 4.71. The Morgan fingerprint density at radius 3 is 1.94 bits per heavy atom. The maximum Gasteiger partial charge on any atom is 0.203 e. The molecule has 0 bridgehead atoms. The standard InChI is InChI=1S/C11H15BrO4/c1-14-9-4-7(8(13)6-12)5-10(15-2)11(9)16-3/h4-5,8,13H,6H2,1-3H3. The summed E-state index contributed by atoms with van der Waals surface area (Å²) < 4.78 is 15.5. The third kappa shape index (κ3) is 2.59. The Labute approximate surface area is 103 Å². The molecule has 0 aliphatic rings. The molecular weight excluding hydrogens is 276 g/mol. The van der Waals surface area contributed by atoms with Crippen LogP contribution in [-0.2, 0) is 0 Å². The molecule has 0 saturated carbocycles. The van der Waals surface area contributed by atoms with Gasteiger partial charge in [-0.1, -0.05) is 15.9 Å². The lowest BCUT2D eigenvalue weighted by atomic mass is 10.1. The quantitative estimate of drug-likeness (QED) is 0.844. The molecule has 0 aliphatic heterocycles. The van der Waals surface area contributed by atoms with Crippen LogP contribution in [0.15, 0.2) is 12.1 Å². The maximum absolute atomic E-state index is 9.73. The molecule has 1 atom stereocenters. The van der Waals surface area contributed by atoms with E-state index in [1.165, 1.54) is 0 Å². The number of alkyl halides is 1. The van der Waals surface area contributed by atoms with Gasteiger partial charge >= 0.3 is 0 Å². The van der Waals surface area contributed by atoms with Gasteiger partial charge in [0.15, 0.2) is 11.5 Å². The van der Waals surface area contributed by atoms with Crippen LogP contribution >= 0.6 is 15.9 Å². The van der Waals surface area contributed by atoms with Gasteiger partial charge in [0.2, 0.25) is 5.75 Å². The smallest absolute Gasteiger partial charge is 0.203 e. The molecule has 1 aromatic carbocycles. The minimum atomic E-state index is -0.603.